The van der Waals surface area contributed by atoms with Gasteiger partial charge in [-0.05, 0) is 37.3 Å². The molecular formula is C17H20N4O4. The molecule has 0 aliphatic heterocycles. The van der Waals surface area contributed by atoms with E-state index in [1.165, 1.54) is 13.3 Å². The standard InChI is InChI=1S/C17H20N4O4/c1-11(15(22)19-10-14-7-4-8-25-14)20-17(24)21-13-6-3-5-12(9-13)16(23)18-2/h3-9,11H,10H2,1-2H3,(H,18,23)(H,19,22)(H2,20,21,24)/t11-/m0/s1. The Hall–Kier alpha value is -3.29. The SMILES string of the molecule is CNC(=O)c1cccc(NC(=O)N[C@@H](C)C(=O)NCc2ccco2)c1. The number of hydrogen-bond acceptors (Lipinski definition) is 4. The summed E-state index contributed by atoms with van der Waals surface area (Å²) in [5, 5.41) is 10.3. The average Bonchev–Trinajstić information content (AvgIpc) is 3.12. The van der Waals surface area contributed by atoms with E-state index in [0.717, 1.165) is 0 Å². The summed E-state index contributed by atoms with van der Waals surface area (Å²) in [4.78, 5) is 35.5. The van der Waals surface area contributed by atoms with E-state index in [2.05, 4.69) is 21.3 Å². The molecule has 0 aliphatic rings. The topological polar surface area (TPSA) is 112 Å². The zero-order valence-corrected chi connectivity index (χ0v) is 14.0. The highest BCUT2D eigenvalue weighted by Crippen LogP contribution is 2.10. The molecule has 4 amide bonds. The molecule has 0 fully saturated rings. The number of carbonyl (C=O) groups is 3. The predicted octanol–water partition coefficient (Wildman–Crippen LogP) is 1.47. The Morgan fingerprint density at radius 2 is 1.96 bits per heavy atom. The first-order valence-electron chi connectivity index (χ1n) is 7.69. The van der Waals surface area contributed by atoms with Gasteiger partial charge in [-0.15, -0.1) is 0 Å². The molecule has 132 valence electrons. The summed E-state index contributed by atoms with van der Waals surface area (Å²) in [6.07, 6.45) is 1.52. The van der Waals surface area contributed by atoms with Crippen LogP contribution in [0.25, 0.3) is 0 Å². The molecule has 4 N–H and O–H groups in total. The number of amides is 4. The highest BCUT2D eigenvalue weighted by molar-refractivity contribution is 5.97. The van der Waals surface area contributed by atoms with Crippen LogP contribution in [0.15, 0.2) is 47.1 Å². The number of urea groups is 1. The maximum Gasteiger partial charge on any atom is 0.319 e. The first-order chi connectivity index (χ1) is 12.0. The highest BCUT2D eigenvalue weighted by atomic mass is 16.3. The third-order valence-electron chi connectivity index (χ3n) is 3.37. The lowest BCUT2D eigenvalue weighted by Crippen LogP contribution is -2.46. The monoisotopic (exact) mass is 344 g/mol. The number of furan rings is 1. The summed E-state index contributed by atoms with van der Waals surface area (Å²) in [7, 11) is 1.53. The van der Waals surface area contributed by atoms with Crippen molar-refractivity contribution in [2.24, 2.45) is 0 Å². The normalized spacial score (nSPS) is 11.3. The fourth-order valence-corrected chi connectivity index (χ4v) is 2.05. The van der Waals surface area contributed by atoms with Crippen LogP contribution < -0.4 is 21.3 Å². The summed E-state index contributed by atoms with van der Waals surface area (Å²) >= 11 is 0. The summed E-state index contributed by atoms with van der Waals surface area (Å²) in [5.41, 5.74) is 0.867. The van der Waals surface area contributed by atoms with Crippen molar-refractivity contribution in [2.45, 2.75) is 19.5 Å². The van der Waals surface area contributed by atoms with Gasteiger partial charge in [-0.2, -0.15) is 0 Å². The summed E-state index contributed by atoms with van der Waals surface area (Å²) in [6.45, 7) is 1.81. The molecule has 0 unspecified atom stereocenters. The van der Waals surface area contributed by atoms with Gasteiger partial charge in [0.15, 0.2) is 0 Å². The number of hydrogen-bond donors (Lipinski definition) is 4. The third kappa shape index (κ3) is 5.38. The van der Waals surface area contributed by atoms with Crippen LogP contribution in [0.2, 0.25) is 0 Å². The fraction of sp³-hybridized carbons (Fsp3) is 0.235. The molecule has 0 aliphatic carbocycles. The lowest BCUT2D eigenvalue weighted by atomic mass is 10.2. The number of benzene rings is 1. The maximum absolute atomic E-state index is 12.0. The van der Waals surface area contributed by atoms with Crippen LogP contribution in [0, 0.1) is 0 Å². The Morgan fingerprint density at radius 3 is 2.64 bits per heavy atom. The Bertz CT molecular complexity index is 743. The zero-order chi connectivity index (χ0) is 18.2. The molecule has 0 saturated carbocycles. The van der Waals surface area contributed by atoms with Gasteiger partial charge in [-0.1, -0.05) is 6.07 Å². The molecule has 1 heterocycles. The van der Waals surface area contributed by atoms with E-state index < -0.39 is 12.1 Å². The molecule has 8 heteroatoms. The second kappa shape index (κ2) is 8.53. The van der Waals surface area contributed by atoms with Crippen molar-refractivity contribution < 1.29 is 18.8 Å². The van der Waals surface area contributed by atoms with Gasteiger partial charge >= 0.3 is 6.03 Å². The Morgan fingerprint density at radius 1 is 1.16 bits per heavy atom. The van der Waals surface area contributed by atoms with Gasteiger partial charge in [-0.3, -0.25) is 9.59 Å². The van der Waals surface area contributed by atoms with Crippen molar-refractivity contribution in [3.8, 4) is 0 Å². The van der Waals surface area contributed by atoms with Gasteiger partial charge in [0, 0.05) is 18.3 Å². The fourth-order valence-electron chi connectivity index (χ4n) is 2.05. The molecule has 0 radical (unpaired) electrons. The molecule has 8 nitrogen and oxygen atoms in total. The second-order valence-corrected chi connectivity index (χ2v) is 5.28. The van der Waals surface area contributed by atoms with E-state index >= 15 is 0 Å². The highest BCUT2D eigenvalue weighted by Gasteiger charge is 2.16. The van der Waals surface area contributed by atoms with E-state index in [9.17, 15) is 14.4 Å². The molecular weight excluding hydrogens is 324 g/mol. The summed E-state index contributed by atoms with van der Waals surface area (Å²) < 4.78 is 5.12. The Kier molecular flexibility index (Phi) is 6.16. The van der Waals surface area contributed by atoms with Crippen LogP contribution in [0.3, 0.4) is 0 Å². The van der Waals surface area contributed by atoms with Crippen LogP contribution in [0.5, 0.6) is 0 Å². The van der Waals surface area contributed by atoms with Gasteiger partial charge < -0.3 is 25.7 Å². The van der Waals surface area contributed by atoms with Crippen LogP contribution in [0.4, 0.5) is 10.5 Å². The molecule has 25 heavy (non-hydrogen) atoms. The van der Waals surface area contributed by atoms with Crippen molar-refractivity contribution in [1.82, 2.24) is 16.0 Å². The number of anilines is 1. The van der Waals surface area contributed by atoms with E-state index in [1.807, 2.05) is 0 Å². The average molecular weight is 344 g/mol. The largest absolute Gasteiger partial charge is 0.467 e. The van der Waals surface area contributed by atoms with Crippen LogP contribution in [-0.2, 0) is 11.3 Å². The van der Waals surface area contributed by atoms with E-state index in [-0.39, 0.29) is 18.4 Å². The number of nitrogens with one attached hydrogen (secondary N) is 4. The van der Waals surface area contributed by atoms with Gasteiger partial charge in [0.1, 0.15) is 11.8 Å². The van der Waals surface area contributed by atoms with Crippen LogP contribution >= 0.6 is 0 Å². The number of rotatable bonds is 6. The van der Waals surface area contributed by atoms with E-state index in [0.29, 0.717) is 17.0 Å². The smallest absolute Gasteiger partial charge is 0.319 e. The molecule has 1 aromatic heterocycles. The Labute approximate surface area is 145 Å². The van der Waals surface area contributed by atoms with Gasteiger partial charge in [-0.25, -0.2) is 4.79 Å². The molecule has 2 rings (SSSR count). The van der Waals surface area contributed by atoms with Gasteiger partial charge in [0.05, 0.1) is 12.8 Å². The van der Waals surface area contributed by atoms with Crippen molar-refractivity contribution in [1.29, 1.82) is 0 Å². The molecule has 1 atom stereocenters. The summed E-state index contributed by atoms with van der Waals surface area (Å²) in [6, 6.07) is 8.65. The molecule has 0 bridgehead atoms. The first kappa shape index (κ1) is 18.1. The molecule has 1 aromatic carbocycles. The lowest BCUT2D eigenvalue weighted by Gasteiger charge is -2.14. The second-order valence-electron chi connectivity index (χ2n) is 5.28. The minimum Gasteiger partial charge on any atom is -0.467 e. The predicted molar refractivity (Wildman–Crippen MR) is 92.0 cm³/mol. The minimum absolute atomic E-state index is 0.244. The molecule has 2 aromatic rings. The quantitative estimate of drug-likeness (QED) is 0.635. The third-order valence-corrected chi connectivity index (χ3v) is 3.37. The van der Waals surface area contributed by atoms with Crippen molar-refractivity contribution in [3.63, 3.8) is 0 Å². The van der Waals surface area contributed by atoms with E-state index in [1.54, 1.807) is 43.3 Å². The number of carbonyl (C=O) groups excluding carboxylic acids is 3. The maximum atomic E-state index is 12.0. The van der Waals surface area contributed by atoms with Crippen molar-refractivity contribution in [2.75, 3.05) is 12.4 Å². The molecule has 0 saturated heterocycles. The zero-order valence-electron chi connectivity index (χ0n) is 14.0. The lowest BCUT2D eigenvalue weighted by molar-refractivity contribution is -0.122. The van der Waals surface area contributed by atoms with Crippen LogP contribution in [-0.4, -0.2) is 30.9 Å². The van der Waals surface area contributed by atoms with E-state index in [4.69, 9.17) is 4.42 Å². The van der Waals surface area contributed by atoms with Crippen molar-refractivity contribution in [3.05, 3.63) is 54.0 Å². The van der Waals surface area contributed by atoms with Gasteiger partial charge in [0.2, 0.25) is 5.91 Å². The van der Waals surface area contributed by atoms with Crippen molar-refractivity contribution >= 4 is 23.5 Å². The summed E-state index contributed by atoms with van der Waals surface area (Å²) in [5.74, 6) is 0.0245. The first-order valence-corrected chi connectivity index (χ1v) is 7.69. The minimum atomic E-state index is -0.739. The van der Waals surface area contributed by atoms with Crippen LogP contribution in [0.1, 0.15) is 23.0 Å². The molecule has 0 spiro atoms. The van der Waals surface area contributed by atoms with Gasteiger partial charge in [0.25, 0.3) is 5.91 Å². The Balaban J connectivity index is 1.84.